The predicted molar refractivity (Wildman–Crippen MR) is 69.6 cm³/mol. The van der Waals surface area contributed by atoms with E-state index in [1.54, 1.807) is 0 Å². The van der Waals surface area contributed by atoms with Crippen molar-refractivity contribution >= 4 is 5.97 Å². The lowest BCUT2D eigenvalue weighted by molar-refractivity contribution is -0.139. The van der Waals surface area contributed by atoms with E-state index in [9.17, 15) is 4.79 Å². The summed E-state index contributed by atoms with van der Waals surface area (Å²) in [5.41, 5.74) is 0. The Morgan fingerprint density at radius 1 is 1.28 bits per heavy atom. The lowest BCUT2D eigenvalue weighted by Crippen LogP contribution is -2.44. The first kappa shape index (κ1) is 13.8. The highest BCUT2D eigenvalue weighted by Crippen LogP contribution is 2.28. The molecular formula is C14H25NO3. The summed E-state index contributed by atoms with van der Waals surface area (Å²) in [4.78, 5) is 13.2. The molecule has 2 aliphatic rings. The molecule has 1 atom stereocenters. The monoisotopic (exact) mass is 255 g/mol. The molecule has 0 aromatic rings. The number of carbonyl (C=O) groups is 1. The van der Waals surface area contributed by atoms with Crippen LogP contribution in [0.25, 0.3) is 0 Å². The summed E-state index contributed by atoms with van der Waals surface area (Å²) >= 11 is 0. The van der Waals surface area contributed by atoms with Crippen LogP contribution in [0.5, 0.6) is 0 Å². The van der Waals surface area contributed by atoms with Gasteiger partial charge in [0, 0.05) is 19.2 Å². The molecule has 4 heteroatoms. The summed E-state index contributed by atoms with van der Waals surface area (Å²) in [6.45, 7) is 4.09. The molecule has 2 fully saturated rings. The Hall–Kier alpha value is -0.610. The van der Waals surface area contributed by atoms with Crippen LogP contribution in [0.2, 0.25) is 0 Å². The lowest BCUT2D eigenvalue weighted by Gasteiger charge is -2.36. The van der Waals surface area contributed by atoms with E-state index in [1.165, 1.54) is 12.8 Å². The van der Waals surface area contributed by atoms with Gasteiger partial charge in [0.2, 0.25) is 0 Å². The lowest BCUT2D eigenvalue weighted by atomic mass is 9.86. The van der Waals surface area contributed by atoms with Crippen molar-refractivity contribution in [3.63, 3.8) is 0 Å². The Kier molecular flexibility index (Phi) is 5.01. The van der Waals surface area contributed by atoms with Crippen molar-refractivity contribution in [3.05, 3.63) is 0 Å². The highest BCUT2D eigenvalue weighted by molar-refractivity contribution is 5.69. The molecule has 1 heterocycles. The fourth-order valence-electron chi connectivity index (χ4n) is 3.17. The third kappa shape index (κ3) is 3.95. The molecule has 1 saturated heterocycles. The minimum Gasteiger partial charge on any atom is -0.480 e. The molecule has 0 aromatic carbocycles. The normalized spacial score (nSPS) is 32.9. The fraction of sp³-hybridized carbons (Fsp3) is 0.929. The standard InChI is InChI=1S/C14H25NO3/c1-11-4-6-12(7-5-11)15(10-14(16)17)9-13-3-2-8-18-13/h11-13H,2-10H2,1H3,(H,16,17)/t11?,12?,13-/m1/s1. The summed E-state index contributed by atoms with van der Waals surface area (Å²) in [5, 5.41) is 9.06. The average Bonchev–Trinajstić information content (AvgIpc) is 2.81. The zero-order valence-electron chi connectivity index (χ0n) is 11.3. The van der Waals surface area contributed by atoms with E-state index in [2.05, 4.69) is 11.8 Å². The predicted octanol–water partition coefficient (Wildman–Crippen LogP) is 2.13. The minimum absolute atomic E-state index is 0.166. The number of hydrogen-bond acceptors (Lipinski definition) is 3. The maximum absolute atomic E-state index is 11.0. The first-order valence-electron chi connectivity index (χ1n) is 7.22. The third-order valence-corrected chi connectivity index (χ3v) is 4.30. The highest BCUT2D eigenvalue weighted by Gasteiger charge is 2.28. The maximum atomic E-state index is 11.0. The van der Waals surface area contributed by atoms with Crippen LogP contribution >= 0.6 is 0 Å². The van der Waals surface area contributed by atoms with Gasteiger partial charge in [-0.25, -0.2) is 0 Å². The number of nitrogens with zero attached hydrogens (tertiary/aromatic N) is 1. The van der Waals surface area contributed by atoms with E-state index in [0.717, 1.165) is 44.8 Å². The Bertz CT molecular complexity index is 268. The van der Waals surface area contributed by atoms with Gasteiger partial charge in [-0.05, 0) is 44.4 Å². The first-order valence-corrected chi connectivity index (χ1v) is 7.22. The summed E-state index contributed by atoms with van der Waals surface area (Å²) in [5.74, 6) is 0.0854. The van der Waals surface area contributed by atoms with Crippen LogP contribution in [-0.4, -0.2) is 47.8 Å². The second-order valence-electron chi connectivity index (χ2n) is 5.87. The summed E-state index contributed by atoms with van der Waals surface area (Å²) < 4.78 is 5.64. The summed E-state index contributed by atoms with van der Waals surface area (Å²) in [7, 11) is 0. The SMILES string of the molecule is CC1CCC(N(CC(=O)O)C[C@H]2CCCO2)CC1. The van der Waals surface area contributed by atoms with Gasteiger partial charge in [-0.3, -0.25) is 9.69 Å². The van der Waals surface area contributed by atoms with E-state index >= 15 is 0 Å². The van der Waals surface area contributed by atoms with Crippen molar-refractivity contribution in [2.45, 2.75) is 57.6 Å². The highest BCUT2D eigenvalue weighted by atomic mass is 16.5. The van der Waals surface area contributed by atoms with Crippen molar-refractivity contribution in [3.8, 4) is 0 Å². The molecule has 0 unspecified atom stereocenters. The van der Waals surface area contributed by atoms with Crippen molar-refractivity contribution in [1.82, 2.24) is 4.90 Å². The largest absolute Gasteiger partial charge is 0.480 e. The van der Waals surface area contributed by atoms with Gasteiger partial charge in [-0.2, -0.15) is 0 Å². The van der Waals surface area contributed by atoms with E-state index in [-0.39, 0.29) is 12.6 Å². The van der Waals surface area contributed by atoms with Crippen LogP contribution in [0.3, 0.4) is 0 Å². The zero-order chi connectivity index (χ0) is 13.0. The molecule has 18 heavy (non-hydrogen) atoms. The van der Waals surface area contributed by atoms with Gasteiger partial charge in [0.1, 0.15) is 0 Å². The van der Waals surface area contributed by atoms with Crippen LogP contribution in [0, 0.1) is 5.92 Å². The first-order chi connectivity index (χ1) is 8.65. The van der Waals surface area contributed by atoms with Gasteiger partial charge in [0.05, 0.1) is 12.6 Å². The van der Waals surface area contributed by atoms with E-state index in [0.29, 0.717) is 6.04 Å². The van der Waals surface area contributed by atoms with Gasteiger partial charge in [-0.1, -0.05) is 6.92 Å². The quantitative estimate of drug-likeness (QED) is 0.817. The number of hydrogen-bond donors (Lipinski definition) is 1. The molecule has 0 bridgehead atoms. The number of carboxylic acid groups (broad SMARTS) is 1. The molecule has 1 aliphatic heterocycles. The average molecular weight is 255 g/mol. The molecule has 2 rings (SSSR count). The number of aliphatic carboxylic acids is 1. The van der Waals surface area contributed by atoms with E-state index in [1.807, 2.05) is 0 Å². The smallest absolute Gasteiger partial charge is 0.317 e. The van der Waals surface area contributed by atoms with Crippen molar-refractivity contribution in [2.75, 3.05) is 19.7 Å². The summed E-state index contributed by atoms with van der Waals surface area (Å²) in [6.07, 6.45) is 7.19. The van der Waals surface area contributed by atoms with Gasteiger partial charge >= 0.3 is 5.97 Å². The van der Waals surface area contributed by atoms with Crippen LogP contribution in [0.1, 0.15) is 45.4 Å². The van der Waals surface area contributed by atoms with Crippen LogP contribution in [0.4, 0.5) is 0 Å². The molecule has 1 saturated carbocycles. The van der Waals surface area contributed by atoms with Crippen LogP contribution in [0.15, 0.2) is 0 Å². The number of rotatable bonds is 5. The van der Waals surface area contributed by atoms with Gasteiger partial charge in [-0.15, -0.1) is 0 Å². The molecular weight excluding hydrogens is 230 g/mol. The molecule has 4 nitrogen and oxygen atoms in total. The van der Waals surface area contributed by atoms with Gasteiger partial charge < -0.3 is 9.84 Å². The van der Waals surface area contributed by atoms with Crippen molar-refractivity contribution < 1.29 is 14.6 Å². The van der Waals surface area contributed by atoms with Gasteiger partial charge in [0.15, 0.2) is 0 Å². The van der Waals surface area contributed by atoms with Crippen LogP contribution < -0.4 is 0 Å². The molecule has 0 aromatic heterocycles. The van der Waals surface area contributed by atoms with Gasteiger partial charge in [0.25, 0.3) is 0 Å². The fourth-order valence-corrected chi connectivity index (χ4v) is 3.17. The number of carboxylic acids is 1. The van der Waals surface area contributed by atoms with Crippen molar-refractivity contribution in [2.24, 2.45) is 5.92 Å². The zero-order valence-corrected chi connectivity index (χ0v) is 11.3. The molecule has 1 N–H and O–H groups in total. The van der Waals surface area contributed by atoms with Crippen LogP contribution in [-0.2, 0) is 9.53 Å². The molecule has 1 aliphatic carbocycles. The number of ether oxygens (including phenoxy) is 1. The summed E-state index contributed by atoms with van der Waals surface area (Å²) in [6, 6.07) is 0.446. The Morgan fingerprint density at radius 2 is 2.00 bits per heavy atom. The molecule has 0 radical (unpaired) electrons. The Balaban J connectivity index is 1.88. The van der Waals surface area contributed by atoms with E-state index in [4.69, 9.17) is 9.84 Å². The molecule has 0 amide bonds. The van der Waals surface area contributed by atoms with Crippen molar-refractivity contribution in [1.29, 1.82) is 0 Å². The Labute approximate surface area is 109 Å². The Morgan fingerprint density at radius 3 is 2.56 bits per heavy atom. The maximum Gasteiger partial charge on any atom is 0.317 e. The van der Waals surface area contributed by atoms with E-state index < -0.39 is 5.97 Å². The second-order valence-corrected chi connectivity index (χ2v) is 5.87. The molecule has 0 spiro atoms. The minimum atomic E-state index is -0.716. The topological polar surface area (TPSA) is 49.8 Å². The molecule has 104 valence electrons. The third-order valence-electron chi connectivity index (χ3n) is 4.30. The second kappa shape index (κ2) is 6.53.